The Morgan fingerprint density at radius 1 is 0.941 bits per heavy atom. The van der Waals surface area contributed by atoms with Crippen LogP contribution in [-0.4, -0.2) is 5.11 Å². The predicted octanol–water partition coefficient (Wildman–Crippen LogP) is 2.97. The minimum Gasteiger partial charge on any atom is -0.399 e. The zero-order chi connectivity index (χ0) is 12.4. The van der Waals surface area contributed by atoms with Crippen molar-refractivity contribution in [3.8, 4) is 0 Å². The van der Waals surface area contributed by atoms with Gasteiger partial charge in [0, 0.05) is 5.69 Å². The second-order valence-corrected chi connectivity index (χ2v) is 4.43. The number of hydrogen-bond donors (Lipinski definition) is 2. The van der Waals surface area contributed by atoms with Crippen molar-refractivity contribution in [2.45, 2.75) is 20.0 Å². The summed E-state index contributed by atoms with van der Waals surface area (Å²) in [5, 5.41) is 10.2. The number of anilines is 1. The fourth-order valence-electron chi connectivity index (χ4n) is 1.77. The molecule has 2 nitrogen and oxygen atoms in total. The molecule has 2 aromatic rings. The minimum absolute atomic E-state index is 0.613. The number of aliphatic hydroxyl groups is 1. The number of nitrogens with two attached hydrogens (primary N) is 1. The Hall–Kier alpha value is -1.80. The molecule has 0 aliphatic carbocycles. The fourth-order valence-corrected chi connectivity index (χ4v) is 1.77. The zero-order valence-electron chi connectivity index (χ0n) is 10.1. The average Bonchev–Trinajstić information content (AvgIpc) is 2.33. The highest BCUT2D eigenvalue weighted by molar-refractivity contribution is 5.50. The summed E-state index contributed by atoms with van der Waals surface area (Å²) in [6.45, 7) is 3.98. The maximum Gasteiger partial charge on any atom is 0.104 e. The van der Waals surface area contributed by atoms with Gasteiger partial charge in [0.1, 0.15) is 6.10 Å². The largest absolute Gasteiger partial charge is 0.399 e. The Bertz CT molecular complexity index is 517. The molecule has 0 saturated heterocycles. The first-order valence-corrected chi connectivity index (χ1v) is 5.68. The second kappa shape index (κ2) is 4.60. The number of rotatable bonds is 2. The van der Waals surface area contributed by atoms with Crippen LogP contribution < -0.4 is 5.73 Å². The molecule has 2 rings (SSSR count). The highest BCUT2D eigenvalue weighted by Gasteiger charge is 2.10. The summed E-state index contributed by atoms with van der Waals surface area (Å²) in [4.78, 5) is 0. The highest BCUT2D eigenvalue weighted by atomic mass is 16.3. The Morgan fingerprint density at radius 3 is 2.12 bits per heavy atom. The molecule has 0 radical (unpaired) electrons. The van der Waals surface area contributed by atoms with E-state index in [9.17, 15) is 5.11 Å². The summed E-state index contributed by atoms with van der Waals surface area (Å²) in [6, 6.07) is 13.6. The molecule has 0 fully saturated rings. The van der Waals surface area contributed by atoms with Gasteiger partial charge in [0.2, 0.25) is 0 Å². The first-order valence-electron chi connectivity index (χ1n) is 5.68. The summed E-state index contributed by atoms with van der Waals surface area (Å²) in [5.41, 5.74) is 10.5. The van der Waals surface area contributed by atoms with Gasteiger partial charge in [-0.1, -0.05) is 42.0 Å². The topological polar surface area (TPSA) is 46.2 Å². The number of aryl methyl sites for hydroxylation is 2. The average molecular weight is 227 g/mol. The second-order valence-electron chi connectivity index (χ2n) is 4.43. The van der Waals surface area contributed by atoms with E-state index in [1.54, 1.807) is 0 Å². The van der Waals surface area contributed by atoms with Gasteiger partial charge in [-0.15, -0.1) is 0 Å². The molecule has 2 heteroatoms. The maximum absolute atomic E-state index is 10.2. The van der Waals surface area contributed by atoms with Gasteiger partial charge in [-0.2, -0.15) is 0 Å². The molecule has 0 heterocycles. The van der Waals surface area contributed by atoms with Crippen molar-refractivity contribution in [2.24, 2.45) is 0 Å². The van der Waals surface area contributed by atoms with Crippen LogP contribution in [0.4, 0.5) is 5.69 Å². The number of nitrogen functional groups attached to an aromatic ring is 1. The van der Waals surface area contributed by atoms with Gasteiger partial charge in [0.05, 0.1) is 0 Å². The molecule has 0 aliphatic rings. The first-order chi connectivity index (χ1) is 8.08. The van der Waals surface area contributed by atoms with E-state index in [1.807, 2.05) is 56.3 Å². The predicted molar refractivity (Wildman–Crippen MR) is 70.8 cm³/mol. The standard InChI is InChI=1S/C15H17NO/c1-10-3-6-12(7-4-10)15(17)13-8-5-11(2)14(16)9-13/h3-9,15,17H,16H2,1-2H3. The lowest BCUT2D eigenvalue weighted by Gasteiger charge is -2.13. The van der Waals surface area contributed by atoms with Gasteiger partial charge < -0.3 is 10.8 Å². The van der Waals surface area contributed by atoms with Crippen LogP contribution in [0.15, 0.2) is 42.5 Å². The van der Waals surface area contributed by atoms with Crippen molar-refractivity contribution >= 4 is 5.69 Å². The van der Waals surface area contributed by atoms with Crippen LogP contribution in [0.25, 0.3) is 0 Å². The molecule has 2 aromatic carbocycles. The quantitative estimate of drug-likeness (QED) is 0.775. The molecule has 1 atom stereocenters. The number of aliphatic hydroxyl groups excluding tert-OH is 1. The van der Waals surface area contributed by atoms with Crippen molar-refractivity contribution < 1.29 is 5.11 Å². The normalized spacial score (nSPS) is 12.4. The Morgan fingerprint density at radius 2 is 1.53 bits per heavy atom. The molecular weight excluding hydrogens is 210 g/mol. The molecule has 0 amide bonds. The van der Waals surface area contributed by atoms with Crippen molar-refractivity contribution in [1.29, 1.82) is 0 Å². The Kier molecular flexibility index (Phi) is 3.16. The van der Waals surface area contributed by atoms with Crippen molar-refractivity contribution in [2.75, 3.05) is 5.73 Å². The molecule has 1 unspecified atom stereocenters. The molecule has 17 heavy (non-hydrogen) atoms. The Labute approximate surface area is 102 Å². The third-order valence-corrected chi connectivity index (χ3v) is 3.01. The number of benzene rings is 2. The molecule has 0 aromatic heterocycles. The molecular formula is C15H17NO. The van der Waals surface area contributed by atoms with Crippen LogP contribution in [-0.2, 0) is 0 Å². The van der Waals surface area contributed by atoms with E-state index in [1.165, 1.54) is 5.56 Å². The number of hydrogen-bond acceptors (Lipinski definition) is 2. The first kappa shape index (κ1) is 11.7. The van der Waals surface area contributed by atoms with Gasteiger partial charge in [-0.25, -0.2) is 0 Å². The molecule has 0 saturated carbocycles. The van der Waals surface area contributed by atoms with Crippen molar-refractivity contribution in [1.82, 2.24) is 0 Å². The zero-order valence-corrected chi connectivity index (χ0v) is 10.1. The summed E-state index contributed by atoms with van der Waals surface area (Å²) in [7, 11) is 0. The van der Waals surface area contributed by atoms with Crippen LogP contribution in [0.5, 0.6) is 0 Å². The third kappa shape index (κ3) is 2.48. The minimum atomic E-state index is -0.613. The van der Waals surface area contributed by atoms with Crippen molar-refractivity contribution in [3.05, 3.63) is 64.7 Å². The van der Waals surface area contributed by atoms with Gasteiger partial charge in [0.15, 0.2) is 0 Å². The molecule has 0 aliphatic heterocycles. The molecule has 0 bridgehead atoms. The van der Waals surface area contributed by atoms with Gasteiger partial charge in [0.25, 0.3) is 0 Å². The van der Waals surface area contributed by atoms with Gasteiger partial charge >= 0.3 is 0 Å². The highest BCUT2D eigenvalue weighted by Crippen LogP contribution is 2.25. The molecule has 88 valence electrons. The van der Waals surface area contributed by atoms with Crippen LogP contribution >= 0.6 is 0 Å². The van der Waals surface area contributed by atoms with E-state index in [2.05, 4.69) is 0 Å². The monoisotopic (exact) mass is 227 g/mol. The molecule has 3 N–H and O–H groups in total. The SMILES string of the molecule is Cc1ccc(C(O)c2ccc(C)c(N)c2)cc1. The smallest absolute Gasteiger partial charge is 0.104 e. The summed E-state index contributed by atoms with van der Waals surface area (Å²) in [6.07, 6.45) is -0.613. The summed E-state index contributed by atoms with van der Waals surface area (Å²) >= 11 is 0. The Balaban J connectivity index is 2.33. The maximum atomic E-state index is 10.2. The van der Waals surface area contributed by atoms with Crippen LogP contribution in [0, 0.1) is 13.8 Å². The van der Waals surface area contributed by atoms with E-state index in [-0.39, 0.29) is 0 Å². The van der Waals surface area contributed by atoms with Gasteiger partial charge in [-0.05, 0) is 36.6 Å². The lowest BCUT2D eigenvalue weighted by Crippen LogP contribution is -2.01. The fraction of sp³-hybridized carbons (Fsp3) is 0.200. The van der Waals surface area contributed by atoms with E-state index >= 15 is 0 Å². The van der Waals surface area contributed by atoms with Crippen LogP contribution in [0.1, 0.15) is 28.4 Å². The van der Waals surface area contributed by atoms with E-state index in [0.717, 1.165) is 16.7 Å². The molecule has 0 spiro atoms. The van der Waals surface area contributed by atoms with Crippen LogP contribution in [0.3, 0.4) is 0 Å². The van der Waals surface area contributed by atoms with Crippen molar-refractivity contribution in [3.63, 3.8) is 0 Å². The summed E-state index contributed by atoms with van der Waals surface area (Å²) < 4.78 is 0. The van der Waals surface area contributed by atoms with Gasteiger partial charge in [-0.3, -0.25) is 0 Å². The van der Waals surface area contributed by atoms with Crippen LogP contribution in [0.2, 0.25) is 0 Å². The lowest BCUT2D eigenvalue weighted by atomic mass is 9.99. The van der Waals surface area contributed by atoms with E-state index in [0.29, 0.717) is 5.69 Å². The van der Waals surface area contributed by atoms with E-state index in [4.69, 9.17) is 5.73 Å². The third-order valence-electron chi connectivity index (χ3n) is 3.01. The van der Waals surface area contributed by atoms with E-state index < -0.39 is 6.10 Å². The lowest BCUT2D eigenvalue weighted by molar-refractivity contribution is 0.220. The summed E-state index contributed by atoms with van der Waals surface area (Å²) in [5.74, 6) is 0.